The molecule has 0 spiro atoms. The summed E-state index contributed by atoms with van der Waals surface area (Å²) in [6.45, 7) is 8.57. The van der Waals surface area contributed by atoms with Gasteiger partial charge in [-0.05, 0) is 30.9 Å². The molecule has 1 heterocycles. The van der Waals surface area contributed by atoms with Gasteiger partial charge in [-0.2, -0.15) is 0 Å². The maximum Gasteiger partial charge on any atom is 0.184 e. The fraction of sp³-hybridized carbons (Fsp3) is 0.533. The fourth-order valence-corrected chi connectivity index (χ4v) is 2.35. The summed E-state index contributed by atoms with van der Waals surface area (Å²) in [5, 5.41) is -0.363. The largest absolute Gasteiger partial charge is 0.324 e. The lowest BCUT2D eigenvalue weighted by atomic mass is 9.90. The van der Waals surface area contributed by atoms with Crippen LogP contribution < -0.4 is 0 Å². The van der Waals surface area contributed by atoms with Crippen LogP contribution in [0.1, 0.15) is 45.3 Å². The van der Waals surface area contributed by atoms with Crippen molar-refractivity contribution in [3.63, 3.8) is 0 Å². The molecule has 0 aliphatic rings. The normalized spacial score (nSPS) is 13.9. The first-order valence-corrected chi connectivity index (χ1v) is 7.18. The minimum absolute atomic E-state index is 0.0487. The first kappa shape index (κ1) is 15.2. The number of halogens is 3. The molecule has 1 atom stereocenters. The second-order valence-corrected chi connectivity index (χ2v) is 6.57. The van der Waals surface area contributed by atoms with Gasteiger partial charge in [0.25, 0.3) is 0 Å². The van der Waals surface area contributed by atoms with Crippen LogP contribution >= 0.6 is 11.6 Å². The molecule has 1 aromatic heterocycles. The molecule has 2 rings (SSSR count). The zero-order valence-electron chi connectivity index (χ0n) is 12.2. The zero-order valence-corrected chi connectivity index (χ0v) is 12.9. The fourth-order valence-electron chi connectivity index (χ4n) is 2.18. The van der Waals surface area contributed by atoms with E-state index in [0.717, 1.165) is 12.5 Å². The molecule has 0 saturated heterocycles. The van der Waals surface area contributed by atoms with Crippen LogP contribution in [0.4, 0.5) is 8.78 Å². The molecule has 2 aromatic rings. The summed E-state index contributed by atoms with van der Waals surface area (Å²) in [6.07, 6.45) is 0.916. The van der Waals surface area contributed by atoms with Crippen LogP contribution in [0.25, 0.3) is 11.0 Å². The molecular weight excluding hydrogens is 282 g/mol. The third kappa shape index (κ3) is 2.66. The summed E-state index contributed by atoms with van der Waals surface area (Å²) in [7, 11) is 0. The Morgan fingerprint density at radius 3 is 2.55 bits per heavy atom. The molecule has 0 amide bonds. The van der Waals surface area contributed by atoms with Crippen molar-refractivity contribution in [2.45, 2.75) is 46.0 Å². The highest BCUT2D eigenvalue weighted by molar-refractivity contribution is 6.20. The minimum Gasteiger partial charge on any atom is -0.324 e. The molecular formula is C15H19ClF2N2. The van der Waals surface area contributed by atoms with Crippen molar-refractivity contribution in [3.05, 3.63) is 29.6 Å². The molecule has 1 aromatic carbocycles. The van der Waals surface area contributed by atoms with Crippen molar-refractivity contribution in [1.82, 2.24) is 9.55 Å². The second-order valence-electron chi connectivity index (χ2n) is 5.92. The maximum atomic E-state index is 14.1. The highest BCUT2D eigenvalue weighted by Crippen LogP contribution is 2.31. The number of benzene rings is 1. The summed E-state index contributed by atoms with van der Waals surface area (Å²) in [5.74, 6) is -1.14. The van der Waals surface area contributed by atoms with Crippen LogP contribution in [0.15, 0.2) is 12.1 Å². The number of rotatable bonds is 4. The maximum absolute atomic E-state index is 14.1. The molecule has 110 valence electrons. The number of alkyl halides is 1. The van der Waals surface area contributed by atoms with Crippen LogP contribution in [-0.4, -0.2) is 9.55 Å². The highest BCUT2D eigenvalue weighted by atomic mass is 35.5. The van der Waals surface area contributed by atoms with Crippen LogP contribution in [0.3, 0.4) is 0 Å². The zero-order chi connectivity index (χ0) is 15.1. The van der Waals surface area contributed by atoms with Gasteiger partial charge in [-0.25, -0.2) is 13.8 Å². The molecule has 1 unspecified atom stereocenters. The third-order valence-corrected chi connectivity index (χ3v) is 3.92. The van der Waals surface area contributed by atoms with Crippen molar-refractivity contribution >= 4 is 22.6 Å². The number of nitrogens with zero attached hydrogens (tertiary/aromatic N) is 2. The van der Waals surface area contributed by atoms with E-state index in [1.807, 2.05) is 0 Å². The number of hydrogen-bond donors (Lipinski definition) is 0. The van der Waals surface area contributed by atoms with Gasteiger partial charge in [0.15, 0.2) is 11.6 Å². The Hall–Kier alpha value is -1.16. The van der Waals surface area contributed by atoms with Crippen LogP contribution in [0.5, 0.6) is 0 Å². The van der Waals surface area contributed by atoms with Crippen LogP contribution in [0, 0.1) is 17.0 Å². The van der Waals surface area contributed by atoms with Gasteiger partial charge in [0.1, 0.15) is 11.3 Å². The standard InChI is InChI=1S/C15H19ClF2N2/c1-5-15(3,4)8-20-13-11(19-14(20)9(2)16)7-6-10(17)12(13)18/h6-7,9H,5,8H2,1-4H3. The van der Waals surface area contributed by atoms with Crippen molar-refractivity contribution in [1.29, 1.82) is 0 Å². The van der Waals surface area contributed by atoms with E-state index >= 15 is 0 Å². The predicted octanol–water partition coefficient (Wildman–Crippen LogP) is 5.05. The average Bonchev–Trinajstić information content (AvgIpc) is 2.73. The Labute approximate surface area is 122 Å². The van der Waals surface area contributed by atoms with Crippen LogP contribution in [0.2, 0.25) is 0 Å². The van der Waals surface area contributed by atoms with E-state index in [9.17, 15) is 8.78 Å². The lowest BCUT2D eigenvalue weighted by molar-refractivity contribution is 0.293. The van der Waals surface area contributed by atoms with Gasteiger partial charge in [0.2, 0.25) is 0 Å². The lowest BCUT2D eigenvalue weighted by Gasteiger charge is -2.25. The second kappa shape index (κ2) is 5.32. The SMILES string of the molecule is CCC(C)(C)Cn1c(C(C)Cl)nc2ccc(F)c(F)c21. The topological polar surface area (TPSA) is 17.8 Å². The number of hydrogen-bond acceptors (Lipinski definition) is 1. The quantitative estimate of drug-likeness (QED) is 0.722. The first-order valence-electron chi connectivity index (χ1n) is 6.75. The van der Waals surface area contributed by atoms with Gasteiger partial charge >= 0.3 is 0 Å². The number of imidazole rings is 1. The van der Waals surface area contributed by atoms with Gasteiger partial charge in [0, 0.05) is 6.54 Å². The van der Waals surface area contributed by atoms with E-state index in [-0.39, 0.29) is 16.3 Å². The summed E-state index contributed by atoms with van der Waals surface area (Å²) in [5.41, 5.74) is 0.597. The molecule has 0 saturated carbocycles. The van der Waals surface area contributed by atoms with Crippen molar-refractivity contribution in [2.75, 3.05) is 0 Å². The minimum atomic E-state index is -0.860. The van der Waals surface area contributed by atoms with Gasteiger partial charge in [-0.1, -0.05) is 20.8 Å². The van der Waals surface area contributed by atoms with E-state index < -0.39 is 11.6 Å². The Balaban J connectivity index is 2.70. The monoisotopic (exact) mass is 300 g/mol. The van der Waals surface area contributed by atoms with E-state index in [2.05, 4.69) is 25.8 Å². The van der Waals surface area contributed by atoms with E-state index in [0.29, 0.717) is 17.9 Å². The van der Waals surface area contributed by atoms with E-state index in [4.69, 9.17) is 11.6 Å². The van der Waals surface area contributed by atoms with Gasteiger partial charge in [0.05, 0.1) is 10.9 Å². The summed E-state index contributed by atoms with van der Waals surface area (Å²) in [4.78, 5) is 4.36. The Morgan fingerprint density at radius 2 is 2.00 bits per heavy atom. The molecule has 2 nitrogen and oxygen atoms in total. The molecule has 0 N–H and O–H groups in total. The van der Waals surface area contributed by atoms with Crippen molar-refractivity contribution in [2.24, 2.45) is 5.41 Å². The third-order valence-electron chi connectivity index (χ3n) is 3.73. The Kier molecular flexibility index (Phi) is 4.05. The van der Waals surface area contributed by atoms with Gasteiger partial charge in [-0.3, -0.25) is 0 Å². The highest BCUT2D eigenvalue weighted by Gasteiger charge is 2.24. The first-order chi connectivity index (χ1) is 9.26. The van der Waals surface area contributed by atoms with Crippen molar-refractivity contribution in [3.8, 4) is 0 Å². The molecule has 0 aliphatic carbocycles. The summed E-state index contributed by atoms with van der Waals surface area (Å²) >= 11 is 6.14. The van der Waals surface area contributed by atoms with Crippen LogP contribution in [-0.2, 0) is 6.54 Å². The molecule has 0 bridgehead atoms. The predicted molar refractivity (Wildman–Crippen MR) is 78.0 cm³/mol. The molecule has 0 radical (unpaired) electrons. The Morgan fingerprint density at radius 1 is 1.35 bits per heavy atom. The van der Waals surface area contributed by atoms with Crippen molar-refractivity contribution < 1.29 is 8.78 Å². The Bertz CT molecular complexity index is 632. The molecule has 20 heavy (non-hydrogen) atoms. The summed E-state index contributed by atoms with van der Waals surface area (Å²) < 4.78 is 29.4. The molecule has 0 fully saturated rings. The number of aromatic nitrogens is 2. The molecule has 5 heteroatoms. The summed E-state index contributed by atoms with van der Waals surface area (Å²) in [6, 6.07) is 2.59. The van der Waals surface area contributed by atoms with Gasteiger partial charge in [-0.15, -0.1) is 11.6 Å². The van der Waals surface area contributed by atoms with Gasteiger partial charge < -0.3 is 4.57 Å². The average molecular weight is 301 g/mol. The molecule has 0 aliphatic heterocycles. The van der Waals surface area contributed by atoms with E-state index in [1.54, 1.807) is 11.5 Å². The lowest BCUT2D eigenvalue weighted by Crippen LogP contribution is -2.20. The smallest absolute Gasteiger partial charge is 0.184 e. The van der Waals surface area contributed by atoms with E-state index in [1.165, 1.54) is 6.07 Å². The number of fused-ring (bicyclic) bond motifs is 1.